The second kappa shape index (κ2) is 8.42. The van der Waals surface area contributed by atoms with Crippen LogP contribution in [0.4, 0.5) is 0 Å². The molecule has 0 aromatic heterocycles. The second-order valence-electron chi connectivity index (χ2n) is 5.38. The number of benzene rings is 1. The molecule has 2 rings (SSSR count). The van der Waals surface area contributed by atoms with Crippen molar-refractivity contribution in [3.63, 3.8) is 0 Å². The van der Waals surface area contributed by atoms with E-state index in [-0.39, 0.29) is 18.4 Å². The summed E-state index contributed by atoms with van der Waals surface area (Å²) >= 11 is 0. The van der Waals surface area contributed by atoms with Crippen LogP contribution in [0, 0.1) is 0 Å². The van der Waals surface area contributed by atoms with Gasteiger partial charge in [0, 0.05) is 19.0 Å². The van der Waals surface area contributed by atoms with E-state index in [2.05, 4.69) is 16.0 Å². The Hall–Kier alpha value is -1.88. The van der Waals surface area contributed by atoms with Crippen LogP contribution in [0.5, 0.6) is 0 Å². The minimum absolute atomic E-state index is 0.0266. The molecule has 0 radical (unpaired) electrons. The third-order valence-electron chi connectivity index (χ3n) is 3.32. The lowest BCUT2D eigenvalue weighted by Crippen LogP contribution is -2.34. The standard InChI is InChI=1S/C16H23N3O2/c20-15(19-14-8-9-14)7-4-10-17-12-16(21)18-11-13-5-2-1-3-6-13/h1-3,5-6,14,17H,4,7-12H2,(H,18,21)(H,19,20). The van der Waals surface area contributed by atoms with Gasteiger partial charge in [-0.2, -0.15) is 0 Å². The lowest BCUT2D eigenvalue weighted by Gasteiger charge is -2.07. The van der Waals surface area contributed by atoms with Gasteiger partial charge in [-0.1, -0.05) is 30.3 Å². The zero-order valence-electron chi connectivity index (χ0n) is 12.2. The van der Waals surface area contributed by atoms with Crippen molar-refractivity contribution in [1.29, 1.82) is 0 Å². The SMILES string of the molecule is O=C(CNCCCC(=O)NC1CC1)NCc1ccccc1. The van der Waals surface area contributed by atoms with E-state index in [1.807, 2.05) is 30.3 Å². The molecule has 5 heteroatoms. The van der Waals surface area contributed by atoms with Crippen molar-refractivity contribution in [2.24, 2.45) is 0 Å². The number of amides is 2. The molecule has 0 unspecified atom stereocenters. The van der Waals surface area contributed by atoms with E-state index in [0.29, 0.717) is 25.6 Å². The number of rotatable bonds is 9. The van der Waals surface area contributed by atoms with Crippen LogP contribution in [0.1, 0.15) is 31.2 Å². The molecule has 2 amide bonds. The first kappa shape index (κ1) is 15.5. The predicted octanol–water partition coefficient (Wildman–Crippen LogP) is 0.951. The van der Waals surface area contributed by atoms with Crippen LogP contribution in [-0.2, 0) is 16.1 Å². The lowest BCUT2D eigenvalue weighted by atomic mass is 10.2. The third-order valence-corrected chi connectivity index (χ3v) is 3.32. The van der Waals surface area contributed by atoms with E-state index >= 15 is 0 Å². The Morgan fingerprint density at radius 2 is 1.86 bits per heavy atom. The highest BCUT2D eigenvalue weighted by Crippen LogP contribution is 2.18. The molecule has 5 nitrogen and oxygen atoms in total. The highest BCUT2D eigenvalue weighted by Gasteiger charge is 2.22. The topological polar surface area (TPSA) is 70.2 Å². The monoisotopic (exact) mass is 289 g/mol. The fourth-order valence-corrected chi connectivity index (χ4v) is 1.96. The summed E-state index contributed by atoms with van der Waals surface area (Å²) in [4.78, 5) is 23.0. The van der Waals surface area contributed by atoms with Gasteiger partial charge < -0.3 is 16.0 Å². The van der Waals surface area contributed by atoms with Gasteiger partial charge in [0.05, 0.1) is 6.54 Å². The van der Waals surface area contributed by atoms with E-state index in [0.717, 1.165) is 24.8 Å². The summed E-state index contributed by atoms with van der Waals surface area (Å²) < 4.78 is 0. The summed E-state index contributed by atoms with van der Waals surface area (Å²) in [5.74, 6) is 0.0918. The Balaban J connectivity index is 1.46. The van der Waals surface area contributed by atoms with Crippen molar-refractivity contribution in [2.75, 3.05) is 13.1 Å². The summed E-state index contributed by atoms with van der Waals surface area (Å²) in [5, 5.41) is 8.85. The second-order valence-corrected chi connectivity index (χ2v) is 5.38. The Morgan fingerprint density at radius 3 is 2.57 bits per heavy atom. The number of carbonyl (C=O) groups is 2. The molecule has 0 heterocycles. The molecule has 114 valence electrons. The molecule has 0 spiro atoms. The summed E-state index contributed by atoms with van der Waals surface area (Å²) in [6, 6.07) is 10.2. The molecule has 0 saturated heterocycles. The number of hydrogen-bond donors (Lipinski definition) is 3. The number of hydrogen-bond acceptors (Lipinski definition) is 3. The maximum absolute atomic E-state index is 11.6. The highest BCUT2D eigenvalue weighted by molar-refractivity contribution is 5.78. The van der Waals surface area contributed by atoms with Crippen LogP contribution in [0.25, 0.3) is 0 Å². The van der Waals surface area contributed by atoms with Gasteiger partial charge in [-0.3, -0.25) is 9.59 Å². The van der Waals surface area contributed by atoms with E-state index in [9.17, 15) is 9.59 Å². The molecule has 0 bridgehead atoms. The van der Waals surface area contributed by atoms with Crippen molar-refractivity contribution in [3.05, 3.63) is 35.9 Å². The van der Waals surface area contributed by atoms with Crippen LogP contribution in [0.15, 0.2) is 30.3 Å². The molecule has 1 aromatic carbocycles. The average molecular weight is 289 g/mol. The van der Waals surface area contributed by atoms with E-state index in [1.165, 1.54) is 0 Å². The fourth-order valence-electron chi connectivity index (χ4n) is 1.96. The molecule has 1 fully saturated rings. The van der Waals surface area contributed by atoms with Gasteiger partial charge in [0.1, 0.15) is 0 Å². The molecule has 1 aliphatic rings. The largest absolute Gasteiger partial charge is 0.353 e. The molecule has 21 heavy (non-hydrogen) atoms. The quantitative estimate of drug-likeness (QED) is 0.593. The smallest absolute Gasteiger partial charge is 0.234 e. The van der Waals surface area contributed by atoms with E-state index in [4.69, 9.17) is 0 Å². The number of nitrogens with one attached hydrogen (secondary N) is 3. The molecule has 0 aliphatic heterocycles. The van der Waals surface area contributed by atoms with Gasteiger partial charge in [0.25, 0.3) is 0 Å². The van der Waals surface area contributed by atoms with Crippen LogP contribution in [-0.4, -0.2) is 30.9 Å². The van der Waals surface area contributed by atoms with Gasteiger partial charge in [-0.15, -0.1) is 0 Å². The van der Waals surface area contributed by atoms with Crippen LogP contribution in [0.3, 0.4) is 0 Å². The Labute approximate surface area is 125 Å². The molecule has 3 N–H and O–H groups in total. The van der Waals surface area contributed by atoms with E-state index in [1.54, 1.807) is 0 Å². The van der Waals surface area contributed by atoms with Gasteiger partial charge in [0.15, 0.2) is 0 Å². The minimum atomic E-state index is -0.0266. The van der Waals surface area contributed by atoms with Gasteiger partial charge in [-0.25, -0.2) is 0 Å². The number of carbonyl (C=O) groups excluding carboxylic acids is 2. The van der Waals surface area contributed by atoms with Crippen molar-refractivity contribution >= 4 is 11.8 Å². The van der Waals surface area contributed by atoms with Gasteiger partial charge in [-0.05, 0) is 31.4 Å². The maximum atomic E-state index is 11.6. The third kappa shape index (κ3) is 6.90. The summed E-state index contributed by atoms with van der Waals surface area (Å²) in [6.45, 7) is 1.51. The Kier molecular flexibility index (Phi) is 6.22. The summed E-state index contributed by atoms with van der Waals surface area (Å²) in [5.41, 5.74) is 1.09. The predicted molar refractivity (Wildman–Crippen MR) is 81.6 cm³/mol. The Morgan fingerprint density at radius 1 is 1.10 bits per heavy atom. The molecule has 1 saturated carbocycles. The normalized spacial score (nSPS) is 13.7. The fraction of sp³-hybridized carbons (Fsp3) is 0.500. The molecule has 1 aromatic rings. The van der Waals surface area contributed by atoms with Crippen molar-refractivity contribution in [3.8, 4) is 0 Å². The lowest BCUT2D eigenvalue weighted by molar-refractivity contribution is -0.121. The zero-order valence-corrected chi connectivity index (χ0v) is 12.2. The van der Waals surface area contributed by atoms with Crippen LogP contribution >= 0.6 is 0 Å². The molecular weight excluding hydrogens is 266 g/mol. The Bertz CT molecular complexity index is 458. The minimum Gasteiger partial charge on any atom is -0.353 e. The first-order valence-electron chi connectivity index (χ1n) is 7.55. The van der Waals surface area contributed by atoms with Crippen molar-refractivity contribution in [2.45, 2.75) is 38.3 Å². The van der Waals surface area contributed by atoms with Crippen molar-refractivity contribution in [1.82, 2.24) is 16.0 Å². The molecule has 1 aliphatic carbocycles. The molecule has 0 atom stereocenters. The van der Waals surface area contributed by atoms with Crippen molar-refractivity contribution < 1.29 is 9.59 Å². The first-order valence-corrected chi connectivity index (χ1v) is 7.55. The maximum Gasteiger partial charge on any atom is 0.234 e. The zero-order chi connectivity index (χ0) is 14.9. The molecular formula is C16H23N3O2. The van der Waals surface area contributed by atoms with Gasteiger partial charge >= 0.3 is 0 Å². The summed E-state index contributed by atoms with van der Waals surface area (Å²) in [7, 11) is 0. The summed E-state index contributed by atoms with van der Waals surface area (Å²) in [6.07, 6.45) is 3.51. The van der Waals surface area contributed by atoms with Crippen LogP contribution in [0.2, 0.25) is 0 Å². The van der Waals surface area contributed by atoms with E-state index < -0.39 is 0 Å². The average Bonchev–Trinajstić information content (AvgIpc) is 3.30. The van der Waals surface area contributed by atoms with Crippen LogP contribution < -0.4 is 16.0 Å². The first-order chi connectivity index (χ1) is 10.2. The highest BCUT2D eigenvalue weighted by atomic mass is 16.2. The van der Waals surface area contributed by atoms with Gasteiger partial charge in [0.2, 0.25) is 11.8 Å².